The van der Waals surface area contributed by atoms with Crippen LogP contribution in [0.3, 0.4) is 0 Å². The monoisotopic (exact) mass is 406 g/mol. The smallest absolute Gasteiger partial charge is 0.387 e. The Hall–Kier alpha value is -2.48. The topological polar surface area (TPSA) is 70.2 Å². The molecule has 2 aromatic rings. The predicted octanol–water partition coefficient (Wildman–Crippen LogP) is 4.66. The predicted molar refractivity (Wildman–Crippen MR) is 108 cm³/mol. The van der Waals surface area contributed by atoms with Gasteiger partial charge in [0, 0.05) is 30.1 Å². The summed E-state index contributed by atoms with van der Waals surface area (Å²) in [6.45, 7) is 2.54. The van der Waals surface area contributed by atoms with E-state index in [9.17, 15) is 13.6 Å². The van der Waals surface area contributed by atoms with E-state index >= 15 is 0 Å². The van der Waals surface area contributed by atoms with Crippen LogP contribution in [0.15, 0.2) is 30.3 Å². The highest BCUT2D eigenvalue weighted by Gasteiger charge is 2.24. The molecule has 158 valence electrons. The summed E-state index contributed by atoms with van der Waals surface area (Å²) in [4.78, 5) is 14.7. The van der Waals surface area contributed by atoms with Crippen LogP contribution >= 0.6 is 0 Å². The summed E-state index contributed by atoms with van der Waals surface area (Å²) >= 11 is 0. The van der Waals surface area contributed by atoms with Gasteiger partial charge >= 0.3 is 6.61 Å². The zero-order valence-electron chi connectivity index (χ0n) is 16.8. The number of carbonyl (C=O) groups is 1. The number of benzene rings is 1. The fourth-order valence-electron chi connectivity index (χ4n) is 3.92. The van der Waals surface area contributed by atoms with Gasteiger partial charge in [-0.15, -0.1) is 0 Å². The number of aromatic nitrogens is 2. The number of aromatic amines is 1. The SMILES string of the molecule is CC1CCCC(C)N1CCCC(=O)Nc1cc(-c2cccc(OC(F)F)c2)[nH]n1. The normalized spacial score (nSPS) is 20.0. The average Bonchev–Trinajstić information content (AvgIpc) is 3.12. The highest BCUT2D eigenvalue weighted by atomic mass is 19.3. The zero-order chi connectivity index (χ0) is 20.8. The Balaban J connectivity index is 1.50. The van der Waals surface area contributed by atoms with E-state index in [1.165, 1.54) is 31.4 Å². The van der Waals surface area contributed by atoms with E-state index in [0.29, 0.717) is 35.6 Å². The number of likely N-dealkylation sites (tertiary alicyclic amines) is 1. The van der Waals surface area contributed by atoms with Crippen LogP contribution in [0.4, 0.5) is 14.6 Å². The maximum Gasteiger partial charge on any atom is 0.387 e. The minimum Gasteiger partial charge on any atom is -0.435 e. The van der Waals surface area contributed by atoms with Crippen LogP contribution in [0.1, 0.15) is 46.0 Å². The minimum atomic E-state index is -2.88. The van der Waals surface area contributed by atoms with Crippen LogP contribution < -0.4 is 10.1 Å². The van der Waals surface area contributed by atoms with E-state index in [1.807, 2.05) is 0 Å². The van der Waals surface area contributed by atoms with Crippen molar-refractivity contribution in [3.8, 4) is 17.0 Å². The molecule has 29 heavy (non-hydrogen) atoms. The zero-order valence-corrected chi connectivity index (χ0v) is 16.8. The molecule has 8 heteroatoms. The molecule has 0 radical (unpaired) electrons. The van der Waals surface area contributed by atoms with Gasteiger partial charge in [0.25, 0.3) is 0 Å². The van der Waals surface area contributed by atoms with E-state index < -0.39 is 6.61 Å². The number of nitrogens with one attached hydrogen (secondary N) is 2. The maximum atomic E-state index is 12.4. The van der Waals surface area contributed by atoms with Crippen LogP contribution in [0.2, 0.25) is 0 Å². The first kappa shape index (κ1) is 21.2. The second-order valence-corrected chi connectivity index (χ2v) is 7.59. The number of nitrogens with zero attached hydrogens (tertiary/aromatic N) is 2. The number of rotatable bonds is 8. The van der Waals surface area contributed by atoms with Gasteiger partial charge in [0.1, 0.15) is 5.75 Å². The fourth-order valence-corrected chi connectivity index (χ4v) is 3.92. The first-order chi connectivity index (χ1) is 13.9. The fraction of sp³-hybridized carbons (Fsp3) is 0.524. The molecule has 2 N–H and O–H groups in total. The van der Waals surface area contributed by atoms with E-state index in [2.05, 4.69) is 39.0 Å². The largest absolute Gasteiger partial charge is 0.435 e. The Morgan fingerprint density at radius 1 is 1.31 bits per heavy atom. The van der Waals surface area contributed by atoms with Crippen LogP contribution in [0.25, 0.3) is 11.3 Å². The van der Waals surface area contributed by atoms with Crippen molar-refractivity contribution in [2.24, 2.45) is 0 Å². The third-order valence-electron chi connectivity index (χ3n) is 5.41. The molecule has 0 bridgehead atoms. The Morgan fingerprint density at radius 2 is 2.07 bits per heavy atom. The molecule has 1 saturated heterocycles. The van der Waals surface area contributed by atoms with Crippen molar-refractivity contribution >= 4 is 11.7 Å². The Kier molecular flexibility index (Phi) is 7.19. The summed E-state index contributed by atoms with van der Waals surface area (Å²) in [6, 6.07) is 9.13. The molecule has 1 aromatic carbocycles. The first-order valence-corrected chi connectivity index (χ1v) is 10.1. The van der Waals surface area contributed by atoms with Crippen LogP contribution in [-0.2, 0) is 4.79 Å². The molecule has 3 rings (SSSR count). The van der Waals surface area contributed by atoms with Gasteiger partial charge in [-0.05, 0) is 51.8 Å². The van der Waals surface area contributed by atoms with E-state index in [1.54, 1.807) is 18.2 Å². The van der Waals surface area contributed by atoms with Crippen molar-refractivity contribution in [3.05, 3.63) is 30.3 Å². The summed E-state index contributed by atoms with van der Waals surface area (Å²) < 4.78 is 29.2. The molecular weight excluding hydrogens is 378 g/mol. The van der Waals surface area contributed by atoms with Gasteiger partial charge in [0.05, 0.1) is 5.69 Å². The first-order valence-electron chi connectivity index (χ1n) is 10.1. The molecule has 1 fully saturated rings. The highest BCUT2D eigenvalue weighted by Crippen LogP contribution is 2.25. The molecule has 6 nitrogen and oxygen atoms in total. The number of anilines is 1. The molecule has 0 aliphatic carbocycles. The van der Waals surface area contributed by atoms with Gasteiger partial charge in [-0.1, -0.05) is 18.6 Å². The molecule has 2 atom stereocenters. The lowest BCUT2D eigenvalue weighted by Crippen LogP contribution is -2.44. The van der Waals surface area contributed by atoms with Crippen LogP contribution in [0, 0.1) is 0 Å². The maximum absolute atomic E-state index is 12.4. The Labute approximate surface area is 169 Å². The van der Waals surface area contributed by atoms with E-state index in [4.69, 9.17) is 0 Å². The molecule has 0 spiro atoms. The number of hydrogen-bond acceptors (Lipinski definition) is 4. The van der Waals surface area contributed by atoms with Crippen molar-refractivity contribution < 1.29 is 18.3 Å². The number of alkyl halides is 2. The van der Waals surface area contributed by atoms with E-state index in [-0.39, 0.29) is 11.7 Å². The summed E-state index contributed by atoms with van der Waals surface area (Å²) in [5.41, 5.74) is 1.25. The Morgan fingerprint density at radius 3 is 2.79 bits per heavy atom. The quantitative estimate of drug-likeness (QED) is 0.669. The second-order valence-electron chi connectivity index (χ2n) is 7.59. The number of ether oxygens (including phenoxy) is 1. The summed E-state index contributed by atoms with van der Waals surface area (Å²) in [7, 11) is 0. The van der Waals surface area contributed by atoms with Gasteiger partial charge in [-0.3, -0.25) is 14.8 Å². The van der Waals surface area contributed by atoms with Crippen molar-refractivity contribution in [3.63, 3.8) is 0 Å². The summed E-state index contributed by atoms with van der Waals surface area (Å²) in [5.74, 6) is 0.388. The van der Waals surface area contributed by atoms with Gasteiger partial charge in [0.2, 0.25) is 5.91 Å². The third-order valence-corrected chi connectivity index (χ3v) is 5.41. The highest BCUT2D eigenvalue weighted by molar-refractivity contribution is 5.90. The summed E-state index contributed by atoms with van der Waals surface area (Å²) in [5, 5.41) is 9.69. The van der Waals surface area contributed by atoms with E-state index in [0.717, 1.165) is 13.0 Å². The third kappa shape index (κ3) is 6.00. The lowest BCUT2D eigenvalue weighted by atomic mass is 9.97. The number of H-pyrrole nitrogens is 1. The van der Waals surface area contributed by atoms with Crippen LogP contribution in [-0.4, -0.2) is 46.2 Å². The molecule has 1 aromatic heterocycles. The molecule has 1 aliphatic rings. The lowest BCUT2D eigenvalue weighted by molar-refractivity contribution is -0.116. The molecule has 0 saturated carbocycles. The number of hydrogen-bond donors (Lipinski definition) is 2. The molecule has 2 heterocycles. The van der Waals surface area contributed by atoms with Crippen molar-refractivity contribution in [2.75, 3.05) is 11.9 Å². The van der Waals surface area contributed by atoms with Crippen LogP contribution in [0.5, 0.6) is 5.75 Å². The van der Waals surface area contributed by atoms with Crippen molar-refractivity contribution in [1.82, 2.24) is 15.1 Å². The van der Waals surface area contributed by atoms with Crippen molar-refractivity contribution in [1.29, 1.82) is 0 Å². The Bertz CT molecular complexity index is 801. The minimum absolute atomic E-state index is 0.0684. The molecule has 2 unspecified atom stereocenters. The average molecular weight is 406 g/mol. The standard InChI is InChI=1S/C21H28F2N4O2/c1-14-6-3-7-15(2)27(14)11-5-10-20(28)24-19-13-18(25-26-19)16-8-4-9-17(12-16)29-21(22)23/h4,8-9,12-15,21H,3,5-7,10-11H2,1-2H3,(H2,24,25,26,28). The molecule has 1 amide bonds. The van der Waals surface area contributed by atoms with Gasteiger partial charge < -0.3 is 10.1 Å². The molecular formula is C21H28F2N4O2. The number of amides is 1. The van der Waals surface area contributed by atoms with Gasteiger partial charge in [-0.25, -0.2) is 0 Å². The van der Waals surface area contributed by atoms with Crippen molar-refractivity contribution in [2.45, 2.75) is 64.6 Å². The second kappa shape index (κ2) is 9.82. The lowest BCUT2D eigenvalue weighted by Gasteiger charge is -2.39. The number of piperidine rings is 1. The summed E-state index contributed by atoms with van der Waals surface area (Å²) in [6.07, 6.45) is 4.94. The molecule has 1 aliphatic heterocycles. The number of halogens is 2. The number of carbonyl (C=O) groups excluding carboxylic acids is 1. The van der Waals surface area contributed by atoms with Gasteiger partial charge in [-0.2, -0.15) is 13.9 Å². The van der Waals surface area contributed by atoms with Gasteiger partial charge in [0.15, 0.2) is 5.82 Å².